The molecule has 1 unspecified atom stereocenters. The Hall–Kier alpha value is -2.16. The van der Waals surface area contributed by atoms with Crippen molar-refractivity contribution in [3.8, 4) is 0 Å². The first kappa shape index (κ1) is 15.9. The van der Waals surface area contributed by atoms with E-state index in [4.69, 9.17) is 5.11 Å². The molecule has 20 heavy (non-hydrogen) atoms. The number of carbonyl (C=O) groups excluding carboxylic acids is 1. The molecule has 0 aromatic heterocycles. The fourth-order valence-electron chi connectivity index (χ4n) is 2.00. The average molecular weight is 272 g/mol. The molecular weight excluding hydrogens is 252 g/mol. The third-order valence-electron chi connectivity index (χ3n) is 3.09. The summed E-state index contributed by atoms with van der Waals surface area (Å²) in [4.78, 5) is 22.7. The van der Waals surface area contributed by atoms with Crippen LogP contribution in [-0.2, 0) is 4.79 Å². The minimum atomic E-state index is -0.952. The first-order chi connectivity index (χ1) is 9.49. The largest absolute Gasteiger partial charge is 0.481 e. The molecule has 0 radical (unpaired) electrons. The van der Waals surface area contributed by atoms with Crippen molar-refractivity contribution in [2.45, 2.75) is 27.2 Å². The van der Waals surface area contributed by atoms with Crippen LogP contribution in [0.3, 0.4) is 0 Å². The second-order valence-electron chi connectivity index (χ2n) is 4.68. The van der Waals surface area contributed by atoms with Gasteiger partial charge in [-0.05, 0) is 25.0 Å². The van der Waals surface area contributed by atoms with Crippen molar-refractivity contribution in [2.75, 3.05) is 0 Å². The number of Topliss-reactive ketones (excluding diaryl/α,β-unsaturated/α-hetero) is 1. The van der Waals surface area contributed by atoms with Crippen LogP contribution in [0.4, 0.5) is 0 Å². The molecule has 106 valence electrons. The number of carbonyl (C=O) groups is 2. The summed E-state index contributed by atoms with van der Waals surface area (Å²) in [6.45, 7) is 5.56. The molecule has 0 fully saturated rings. The fourth-order valence-corrected chi connectivity index (χ4v) is 2.00. The minimum absolute atomic E-state index is 0.132. The molecule has 1 N–H and O–H groups in total. The van der Waals surface area contributed by atoms with E-state index in [1.54, 1.807) is 19.1 Å². The van der Waals surface area contributed by atoms with E-state index < -0.39 is 11.9 Å². The third-order valence-corrected chi connectivity index (χ3v) is 3.09. The predicted octanol–water partition coefficient (Wildman–Crippen LogP) is 3.96. The smallest absolute Gasteiger partial charge is 0.304 e. The van der Waals surface area contributed by atoms with Crippen molar-refractivity contribution in [3.63, 3.8) is 0 Å². The minimum Gasteiger partial charge on any atom is -0.481 e. The zero-order valence-corrected chi connectivity index (χ0v) is 12.1. The van der Waals surface area contributed by atoms with Gasteiger partial charge in [0.1, 0.15) is 0 Å². The van der Waals surface area contributed by atoms with E-state index in [2.05, 4.69) is 0 Å². The van der Waals surface area contributed by atoms with Gasteiger partial charge in [0.15, 0.2) is 5.78 Å². The van der Waals surface area contributed by atoms with Gasteiger partial charge in [0.2, 0.25) is 0 Å². The van der Waals surface area contributed by atoms with Crippen molar-refractivity contribution in [1.82, 2.24) is 0 Å². The topological polar surface area (TPSA) is 54.4 Å². The zero-order valence-electron chi connectivity index (χ0n) is 12.1. The fraction of sp³-hybridized carbons (Fsp3) is 0.294. The van der Waals surface area contributed by atoms with Crippen molar-refractivity contribution in [1.29, 1.82) is 0 Å². The lowest BCUT2D eigenvalue weighted by atomic mass is 9.94. The molecule has 0 bridgehead atoms. The number of aliphatic carboxylic acids is 1. The summed E-state index contributed by atoms with van der Waals surface area (Å²) in [5.74, 6) is -1.59. The van der Waals surface area contributed by atoms with Crippen LogP contribution in [0, 0.1) is 5.92 Å². The Balaban J connectivity index is 2.91. The number of hydrogen-bond donors (Lipinski definition) is 1. The highest BCUT2D eigenvalue weighted by atomic mass is 16.4. The summed E-state index contributed by atoms with van der Waals surface area (Å²) in [6.07, 6.45) is 5.83. The highest BCUT2D eigenvalue weighted by Gasteiger charge is 2.18. The lowest BCUT2D eigenvalue weighted by Gasteiger charge is -2.09. The number of benzene rings is 1. The molecule has 3 heteroatoms. The van der Waals surface area contributed by atoms with E-state index in [9.17, 15) is 9.59 Å². The summed E-state index contributed by atoms with van der Waals surface area (Å²) in [5.41, 5.74) is 2.68. The van der Waals surface area contributed by atoms with Gasteiger partial charge >= 0.3 is 5.97 Å². The molecule has 1 atom stereocenters. The van der Waals surface area contributed by atoms with Crippen molar-refractivity contribution >= 4 is 17.3 Å². The normalized spacial score (nSPS) is 13.4. The lowest BCUT2D eigenvalue weighted by molar-refractivity contribution is -0.137. The van der Waals surface area contributed by atoms with E-state index >= 15 is 0 Å². The van der Waals surface area contributed by atoms with Crippen LogP contribution < -0.4 is 0 Å². The van der Waals surface area contributed by atoms with Crippen molar-refractivity contribution < 1.29 is 14.7 Å². The van der Waals surface area contributed by atoms with Crippen molar-refractivity contribution in [3.05, 3.63) is 53.6 Å². The first-order valence-electron chi connectivity index (χ1n) is 6.65. The zero-order chi connectivity index (χ0) is 15.1. The Labute approximate surface area is 119 Å². The summed E-state index contributed by atoms with van der Waals surface area (Å²) in [6, 6.07) is 7.28. The van der Waals surface area contributed by atoms with Gasteiger partial charge in [-0.3, -0.25) is 9.59 Å². The number of allylic oxidation sites excluding steroid dienone is 4. The van der Waals surface area contributed by atoms with Crippen molar-refractivity contribution in [2.24, 2.45) is 5.92 Å². The summed E-state index contributed by atoms with van der Waals surface area (Å²) >= 11 is 0. The number of carboxylic acid groups (broad SMARTS) is 1. The molecule has 0 aliphatic carbocycles. The molecule has 1 aromatic rings. The van der Waals surface area contributed by atoms with Crippen LogP contribution in [0.2, 0.25) is 0 Å². The monoisotopic (exact) mass is 272 g/mol. The molecule has 0 aliphatic heterocycles. The summed E-state index contributed by atoms with van der Waals surface area (Å²) in [7, 11) is 0. The number of ketones is 1. The molecule has 3 nitrogen and oxygen atoms in total. The Morgan fingerprint density at radius 2 is 1.70 bits per heavy atom. The quantitative estimate of drug-likeness (QED) is 0.630. The molecule has 1 aromatic carbocycles. The van der Waals surface area contributed by atoms with Crippen LogP contribution >= 0.6 is 0 Å². The standard InChI is InChI=1S/C17H20O3/c1-4-6-13(5-2)14-7-9-15(10-8-14)17(20)12(3)11-16(18)19/h4-10,12H,11H2,1-3H3,(H,18,19)/b6-4-,13-5+. The number of carboxylic acids is 1. The SMILES string of the molecule is C/C=C\C(=C/C)c1ccc(C(=O)C(C)CC(=O)O)cc1. The van der Waals surface area contributed by atoms with E-state index in [0.29, 0.717) is 5.56 Å². The van der Waals surface area contributed by atoms with Gasteiger partial charge in [0.05, 0.1) is 6.42 Å². The highest BCUT2D eigenvalue weighted by molar-refractivity contribution is 5.99. The molecule has 0 saturated carbocycles. The number of rotatable bonds is 6. The maximum atomic E-state index is 12.1. The van der Waals surface area contributed by atoms with E-state index in [-0.39, 0.29) is 12.2 Å². The second-order valence-corrected chi connectivity index (χ2v) is 4.68. The Morgan fingerprint density at radius 3 is 2.15 bits per heavy atom. The maximum Gasteiger partial charge on any atom is 0.304 e. The highest BCUT2D eigenvalue weighted by Crippen LogP contribution is 2.19. The van der Waals surface area contributed by atoms with Crippen LogP contribution in [0.5, 0.6) is 0 Å². The Kier molecular flexibility index (Phi) is 5.91. The van der Waals surface area contributed by atoms with E-state index in [1.807, 2.05) is 44.2 Å². The van der Waals surface area contributed by atoms with E-state index in [0.717, 1.165) is 11.1 Å². The Bertz CT molecular complexity index is 536. The van der Waals surface area contributed by atoms with Gasteiger partial charge in [0.25, 0.3) is 0 Å². The maximum absolute atomic E-state index is 12.1. The van der Waals surface area contributed by atoms with Crippen LogP contribution in [0.25, 0.3) is 5.57 Å². The Morgan fingerprint density at radius 1 is 1.15 bits per heavy atom. The average Bonchev–Trinajstić information content (AvgIpc) is 2.43. The van der Waals surface area contributed by atoms with Gasteiger partial charge in [-0.1, -0.05) is 49.4 Å². The first-order valence-corrected chi connectivity index (χ1v) is 6.65. The second kappa shape index (κ2) is 7.43. The van der Waals surface area contributed by atoms with Crippen LogP contribution in [0.1, 0.15) is 43.1 Å². The molecular formula is C17H20O3. The third kappa shape index (κ3) is 4.19. The van der Waals surface area contributed by atoms with Crippen LogP contribution in [0.15, 0.2) is 42.5 Å². The predicted molar refractivity (Wildman–Crippen MR) is 80.7 cm³/mol. The van der Waals surface area contributed by atoms with Gasteiger partial charge in [0, 0.05) is 11.5 Å². The molecule has 0 saturated heterocycles. The number of hydrogen-bond acceptors (Lipinski definition) is 2. The van der Waals surface area contributed by atoms with Gasteiger partial charge in [-0.2, -0.15) is 0 Å². The summed E-state index contributed by atoms with van der Waals surface area (Å²) < 4.78 is 0. The van der Waals surface area contributed by atoms with Crippen LogP contribution in [-0.4, -0.2) is 16.9 Å². The molecule has 0 aliphatic rings. The van der Waals surface area contributed by atoms with Gasteiger partial charge < -0.3 is 5.11 Å². The molecule has 0 heterocycles. The van der Waals surface area contributed by atoms with Gasteiger partial charge in [-0.15, -0.1) is 0 Å². The molecule has 0 spiro atoms. The molecule has 0 amide bonds. The van der Waals surface area contributed by atoms with Gasteiger partial charge in [-0.25, -0.2) is 0 Å². The molecule has 1 rings (SSSR count). The van der Waals surface area contributed by atoms with E-state index in [1.165, 1.54) is 0 Å². The summed E-state index contributed by atoms with van der Waals surface area (Å²) in [5, 5.41) is 8.72. The lowest BCUT2D eigenvalue weighted by Crippen LogP contribution is -2.15.